The zero-order valence-electron chi connectivity index (χ0n) is 10.2. The predicted octanol–water partition coefficient (Wildman–Crippen LogP) is 3.35. The second kappa shape index (κ2) is 5.26. The van der Waals surface area contributed by atoms with Crippen molar-refractivity contribution in [2.45, 2.75) is 18.7 Å². The fourth-order valence-corrected chi connectivity index (χ4v) is 4.65. The summed E-state index contributed by atoms with van der Waals surface area (Å²) in [6.07, 6.45) is 0. The number of aromatic nitrogens is 2. The third-order valence-electron chi connectivity index (χ3n) is 2.53. The predicted molar refractivity (Wildman–Crippen MR) is 80.7 cm³/mol. The molecule has 2 aromatic rings. The first kappa shape index (κ1) is 14.5. The Labute approximate surface area is 128 Å². The van der Waals surface area contributed by atoms with Gasteiger partial charge in [-0.05, 0) is 57.8 Å². The van der Waals surface area contributed by atoms with E-state index in [1.165, 1.54) is 0 Å². The summed E-state index contributed by atoms with van der Waals surface area (Å²) in [6.45, 7) is 3.32. The van der Waals surface area contributed by atoms with E-state index in [0.29, 0.717) is 26.0 Å². The van der Waals surface area contributed by atoms with Crippen LogP contribution in [0.3, 0.4) is 0 Å². The van der Waals surface area contributed by atoms with E-state index in [1.807, 2.05) is 0 Å². The Kier molecular flexibility index (Phi) is 4.03. The van der Waals surface area contributed by atoms with Gasteiger partial charge < -0.3 is 0 Å². The van der Waals surface area contributed by atoms with Gasteiger partial charge in [0.15, 0.2) is 0 Å². The summed E-state index contributed by atoms with van der Waals surface area (Å²) in [5, 5.41) is 6.57. The molecule has 8 heteroatoms. The van der Waals surface area contributed by atoms with Crippen LogP contribution in [0.15, 0.2) is 32.0 Å². The highest BCUT2D eigenvalue weighted by molar-refractivity contribution is 9.11. The standard InChI is InChI=1S/C11H11Br2N3O2S/c1-6-11(7(2)15-14-6)19(17,18)16-10-8(12)4-3-5-9(10)13/h3-5,16H,1-2H3,(H,14,15). The second-order valence-electron chi connectivity index (χ2n) is 3.97. The van der Waals surface area contributed by atoms with Gasteiger partial charge >= 0.3 is 0 Å². The third kappa shape index (κ3) is 2.85. The van der Waals surface area contributed by atoms with Gasteiger partial charge in [0.05, 0.1) is 17.1 Å². The molecule has 5 nitrogen and oxygen atoms in total. The lowest BCUT2D eigenvalue weighted by Crippen LogP contribution is -2.15. The molecule has 0 radical (unpaired) electrons. The fourth-order valence-electron chi connectivity index (χ4n) is 1.72. The summed E-state index contributed by atoms with van der Waals surface area (Å²) in [6, 6.07) is 5.33. The number of aryl methyl sites for hydroxylation is 2. The van der Waals surface area contributed by atoms with Gasteiger partial charge in [0, 0.05) is 8.95 Å². The molecule has 0 unspecified atom stereocenters. The first-order chi connectivity index (χ1) is 8.83. The summed E-state index contributed by atoms with van der Waals surface area (Å²) < 4.78 is 28.7. The number of H-pyrrole nitrogens is 1. The number of sulfonamides is 1. The molecule has 1 aromatic heterocycles. The average Bonchev–Trinajstić information content (AvgIpc) is 2.64. The summed E-state index contributed by atoms with van der Waals surface area (Å²) >= 11 is 6.64. The molecule has 0 fully saturated rings. The quantitative estimate of drug-likeness (QED) is 0.817. The van der Waals surface area contributed by atoms with Crippen molar-refractivity contribution in [3.63, 3.8) is 0 Å². The molecule has 0 saturated heterocycles. The number of aromatic amines is 1. The van der Waals surface area contributed by atoms with Crippen molar-refractivity contribution in [1.82, 2.24) is 10.2 Å². The molecule has 2 N–H and O–H groups in total. The highest BCUT2D eigenvalue weighted by Crippen LogP contribution is 2.33. The minimum Gasteiger partial charge on any atom is -0.281 e. The van der Waals surface area contributed by atoms with Crippen LogP contribution in [0.2, 0.25) is 0 Å². The normalized spacial score (nSPS) is 11.6. The molecule has 1 heterocycles. The third-order valence-corrected chi connectivity index (χ3v) is 5.46. The first-order valence-electron chi connectivity index (χ1n) is 5.31. The maximum absolute atomic E-state index is 12.4. The van der Waals surface area contributed by atoms with Crippen LogP contribution in [0.5, 0.6) is 0 Å². The topological polar surface area (TPSA) is 74.8 Å². The Morgan fingerprint density at radius 1 is 1.21 bits per heavy atom. The van der Waals surface area contributed by atoms with Crippen molar-refractivity contribution < 1.29 is 8.42 Å². The van der Waals surface area contributed by atoms with Crippen molar-refractivity contribution in [1.29, 1.82) is 0 Å². The number of hydrogen-bond donors (Lipinski definition) is 2. The Morgan fingerprint density at radius 3 is 2.26 bits per heavy atom. The number of nitrogens with one attached hydrogen (secondary N) is 2. The summed E-state index contributed by atoms with van der Waals surface area (Å²) in [5.74, 6) is 0. The van der Waals surface area contributed by atoms with Crippen molar-refractivity contribution in [2.75, 3.05) is 4.72 Å². The molecule has 0 amide bonds. The lowest BCUT2D eigenvalue weighted by atomic mass is 10.3. The summed E-state index contributed by atoms with van der Waals surface area (Å²) in [4.78, 5) is 0.176. The summed E-state index contributed by atoms with van der Waals surface area (Å²) in [7, 11) is -3.68. The van der Waals surface area contributed by atoms with Crippen LogP contribution < -0.4 is 4.72 Å². The lowest BCUT2D eigenvalue weighted by molar-refractivity contribution is 0.600. The van der Waals surface area contributed by atoms with Gasteiger partial charge in [-0.3, -0.25) is 9.82 Å². The Hall–Kier alpha value is -0.860. The Balaban J connectivity index is 2.49. The van der Waals surface area contributed by atoms with Gasteiger partial charge in [-0.25, -0.2) is 8.42 Å². The molecule has 2 rings (SSSR count). The molecule has 0 spiro atoms. The smallest absolute Gasteiger partial charge is 0.265 e. The number of rotatable bonds is 3. The van der Waals surface area contributed by atoms with Crippen LogP contribution >= 0.6 is 31.9 Å². The molecule has 102 valence electrons. The molecular weight excluding hydrogens is 398 g/mol. The van der Waals surface area contributed by atoms with E-state index in [0.717, 1.165) is 0 Å². The number of hydrogen-bond acceptors (Lipinski definition) is 3. The van der Waals surface area contributed by atoms with Gasteiger partial charge in [-0.1, -0.05) is 6.07 Å². The minimum atomic E-state index is -3.68. The van der Waals surface area contributed by atoms with Crippen LogP contribution in [0.4, 0.5) is 5.69 Å². The first-order valence-corrected chi connectivity index (χ1v) is 8.38. The summed E-state index contributed by atoms with van der Waals surface area (Å²) in [5.41, 5.74) is 1.41. The minimum absolute atomic E-state index is 0.176. The molecule has 0 atom stereocenters. The number of halogens is 2. The Bertz CT molecular complexity index is 686. The van der Waals surface area contributed by atoms with E-state index >= 15 is 0 Å². The van der Waals surface area contributed by atoms with E-state index in [-0.39, 0.29) is 4.90 Å². The zero-order valence-corrected chi connectivity index (χ0v) is 14.1. The van der Waals surface area contributed by atoms with E-state index < -0.39 is 10.0 Å². The molecule has 1 aromatic carbocycles. The van der Waals surface area contributed by atoms with Crippen LogP contribution in [0.25, 0.3) is 0 Å². The maximum atomic E-state index is 12.4. The van der Waals surface area contributed by atoms with Gasteiger partial charge in [-0.2, -0.15) is 5.10 Å². The van der Waals surface area contributed by atoms with Crippen molar-refractivity contribution in [2.24, 2.45) is 0 Å². The van der Waals surface area contributed by atoms with Crippen molar-refractivity contribution >= 4 is 47.6 Å². The van der Waals surface area contributed by atoms with E-state index in [1.54, 1.807) is 32.0 Å². The number of nitrogens with zero attached hydrogens (tertiary/aromatic N) is 1. The largest absolute Gasteiger partial charge is 0.281 e. The number of anilines is 1. The Morgan fingerprint density at radius 2 is 1.79 bits per heavy atom. The van der Waals surface area contributed by atoms with E-state index in [4.69, 9.17) is 0 Å². The number of para-hydroxylation sites is 1. The monoisotopic (exact) mass is 407 g/mol. The average molecular weight is 409 g/mol. The van der Waals surface area contributed by atoms with Gasteiger partial charge in [0.25, 0.3) is 10.0 Å². The van der Waals surface area contributed by atoms with Crippen LogP contribution in [0.1, 0.15) is 11.4 Å². The molecule has 0 saturated carbocycles. The second-order valence-corrected chi connectivity index (χ2v) is 7.29. The fraction of sp³-hybridized carbons (Fsp3) is 0.182. The molecule has 0 aliphatic carbocycles. The van der Waals surface area contributed by atoms with Gasteiger partial charge in [0.1, 0.15) is 4.90 Å². The molecule has 0 aliphatic rings. The van der Waals surface area contributed by atoms with Crippen LogP contribution in [-0.2, 0) is 10.0 Å². The van der Waals surface area contributed by atoms with Crippen molar-refractivity contribution in [3.05, 3.63) is 38.5 Å². The maximum Gasteiger partial charge on any atom is 0.265 e. The lowest BCUT2D eigenvalue weighted by Gasteiger charge is -2.11. The molecule has 0 bridgehead atoms. The molecule has 0 aliphatic heterocycles. The number of benzene rings is 1. The highest BCUT2D eigenvalue weighted by atomic mass is 79.9. The molecular formula is C11H11Br2N3O2S. The van der Waals surface area contributed by atoms with E-state index in [2.05, 4.69) is 46.8 Å². The zero-order chi connectivity index (χ0) is 14.2. The van der Waals surface area contributed by atoms with Gasteiger partial charge in [0.2, 0.25) is 0 Å². The van der Waals surface area contributed by atoms with E-state index in [9.17, 15) is 8.42 Å². The SMILES string of the molecule is Cc1n[nH]c(C)c1S(=O)(=O)Nc1c(Br)cccc1Br. The van der Waals surface area contributed by atoms with Gasteiger partial charge in [-0.15, -0.1) is 0 Å². The van der Waals surface area contributed by atoms with Crippen LogP contribution in [-0.4, -0.2) is 18.6 Å². The molecule has 19 heavy (non-hydrogen) atoms. The van der Waals surface area contributed by atoms with Crippen LogP contribution in [0, 0.1) is 13.8 Å². The highest BCUT2D eigenvalue weighted by Gasteiger charge is 2.23. The van der Waals surface area contributed by atoms with Crippen molar-refractivity contribution in [3.8, 4) is 0 Å².